The first-order valence-corrected chi connectivity index (χ1v) is 4.54. The lowest BCUT2D eigenvalue weighted by atomic mass is 10.1. The van der Waals surface area contributed by atoms with Gasteiger partial charge >= 0.3 is 0 Å². The van der Waals surface area contributed by atoms with Gasteiger partial charge in [0.15, 0.2) is 0 Å². The molecule has 0 saturated heterocycles. The molecule has 0 amide bonds. The van der Waals surface area contributed by atoms with E-state index in [4.69, 9.17) is 11.6 Å². The fraction of sp³-hybridized carbons (Fsp3) is 0.400. The van der Waals surface area contributed by atoms with Gasteiger partial charge in [0.05, 0.1) is 11.1 Å². The van der Waals surface area contributed by atoms with Crippen LogP contribution in [0.5, 0.6) is 5.75 Å². The van der Waals surface area contributed by atoms with Crippen molar-refractivity contribution in [1.82, 2.24) is 0 Å². The third-order valence-corrected chi connectivity index (χ3v) is 2.22. The summed E-state index contributed by atoms with van der Waals surface area (Å²) in [4.78, 5) is 0. The molecule has 72 valence electrons. The van der Waals surface area contributed by atoms with E-state index in [1.165, 1.54) is 0 Å². The predicted molar refractivity (Wildman–Crippen MR) is 53.2 cm³/mol. The van der Waals surface area contributed by atoms with Crippen molar-refractivity contribution < 1.29 is 10.2 Å². The summed E-state index contributed by atoms with van der Waals surface area (Å²) in [5, 5.41) is 18.9. The Morgan fingerprint density at radius 2 is 2.08 bits per heavy atom. The van der Waals surface area contributed by atoms with Gasteiger partial charge in [0.25, 0.3) is 0 Å². The molecule has 13 heavy (non-hydrogen) atoms. The van der Waals surface area contributed by atoms with Gasteiger partial charge in [0.1, 0.15) is 5.75 Å². The van der Waals surface area contributed by atoms with E-state index in [1.807, 2.05) is 13.0 Å². The smallest absolute Gasteiger partial charge is 0.134 e. The zero-order valence-corrected chi connectivity index (χ0v) is 8.47. The van der Waals surface area contributed by atoms with Crippen LogP contribution >= 0.6 is 11.6 Å². The molecule has 0 radical (unpaired) electrons. The molecule has 0 fully saturated rings. The predicted octanol–water partition coefficient (Wildman–Crippen LogP) is 2.28. The van der Waals surface area contributed by atoms with Crippen LogP contribution in [-0.2, 0) is 6.42 Å². The Labute approximate surface area is 82.8 Å². The number of rotatable bonds is 2. The van der Waals surface area contributed by atoms with E-state index in [0.29, 0.717) is 11.4 Å². The lowest BCUT2D eigenvalue weighted by molar-refractivity contribution is 0.195. The number of halogens is 1. The molecule has 1 aromatic carbocycles. The van der Waals surface area contributed by atoms with Crippen molar-refractivity contribution in [1.29, 1.82) is 0 Å². The number of phenolic OH excluding ortho intramolecular Hbond substituents is 1. The van der Waals surface area contributed by atoms with Crippen molar-refractivity contribution in [2.75, 3.05) is 0 Å². The Bertz CT molecular complexity index is 308. The number of phenols is 1. The second-order valence-corrected chi connectivity index (χ2v) is 3.69. The number of hydrogen-bond acceptors (Lipinski definition) is 2. The molecule has 2 N–H and O–H groups in total. The molecule has 0 saturated carbocycles. The Balaban J connectivity index is 3.05. The molecule has 0 aliphatic rings. The highest BCUT2D eigenvalue weighted by atomic mass is 35.5. The summed E-state index contributed by atoms with van der Waals surface area (Å²) in [6.45, 7) is 3.57. The zero-order valence-electron chi connectivity index (χ0n) is 7.71. The molecule has 0 heterocycles. The van der Waals surface area contributed by atoms with E-state index < -0.39 is 6.10 Å². The standard InChI is InChI=1S/C10H13ClO2/c1-6-3-8(5-7(2)12)10(11)9(13)4-6/h3-4,7,12-13H,5H2,1-2H3. The summed E-state index contributed by atoms with van der Waals surface area (Å²) in [5.41, 5.74) is 1.73. The van der Waals surface area contributed by atoms with Gasteiger partial charge in [-0.05, 0) is 37.5 Å². The summed E-state index contributed by atoms with van der Waals surface area (Å²) >= 11 is 5.85. The van der Waals surface area contributed by atoms with Gasteiger partial charge in [0.2, 0.25) is 0 Å². The Morgan fingerprint density at radius 3 is 2.62 bits per heavy atom. The molecule has 1 atom stereocenters. The van der Waals surface area contributed by atoms with Gasteiger partial charge in [-0.25, -0.2) is 0 Å². The van der Waals surface area contributed by atoms with Crippen LogP contribution in [0.2, 0.25) is 5.02 Å². The highest BCUT2D eigenvalue weighted by Gasteiger charge is 2.08. The van der Waals surface area contributed by atoms with Crippen molar-refractivity contribution in [3.63, 3.8) is 0 Å². The first-order chi connectivity index (χ1) is 6.00. The minimum absolute atomic E-state index is 0.0808. The lowest BCUT2D eigenvalue weighted by Crippen LogP contribution is -2.04. The van der Waals surface area contributed by atoms with Gasteiger partial charge < -0.3 is 10.2 Å². The normalized spacial score (nSPS) is 12.9. The molecule has 3 heteroatoms. The third-order valence-electron chi connectivity index (χ3n) is 1.79. The highest BCUT2D eigenvalue weighted by molar-refractivity contribution is 6.32. The number of aromatic hydroxyl groups is 1. The average Bonchev–Trinajstić information content (AvgIpc) is 1.98. The molecule has 0 spiro atoms. The van der Waals surface area contributed by atoms with E-state index in [-0.39, 0.29) is 5.75 Å². The van der Waals surface area contributed by atoms with Crippen molar-refractivity contribution in [3.05, 3.63) is 28.3 Å². The minimum atomic E-state index is -0.446. The summed E-state index contributed by atoms with van der Waals surface area (Å²) < 4.78 is 0. The van der Waals surface area contributed by atoms with Gasteiger partial charge in [-0.1, -0.05) is 17.7 Å². The Hall–Kier alpha value is -0.730. The van der Waals surface area contributed by atoms with Crippen LogP contribution in [0.1, 0.15) is 18.1 Å². The fourth-order valence-corrected chi connectivity index (χ4v) is 1.48. The first kappa shape index (κ1) is 10.4. The van der Waals surface area contributed by atoms with Gasteiger partial charge in [0, 0.05) is 0 Å². The van der Waals surface area contributed by atoms with Crippen LogP contribution in [0.25, 0.3) is 0 Å². The summed E-state index contributed by atoms with van der Waals surface area (Å²) in [5.74, 6) is 0.0808. The van der Waals surface area contributed by atoms with Crippen LogP contribution in [0.3, 0.4) is 0 Å². The number of benzene rings is 1. The zero-order chi connectivity index (χ0) is 10.0. The van der Waals surface area contributed by atoms with Crippen LogP contribution in [-0.4, -0.2) is 16.3 Å². The molecule has 0 aromatic heterocycles. The first-order valence-electron chi connectivity index (χ1n) is 4.16. The molecule has 1 aromatic rings. The summed E-state index contributed by atoms with van der Waals surface area (Å²) in [7, 11) is 0. The summed E-state index contributed by atoms with van der Waals surface area (Å²) in [6.07, 6.45) is 0.0207. The number of hydrogen-bond donors (Lipinski definition) is 2. The fourth-order valence-electron chi connectivity index (χ4n) is 1.29. The van der Waals surface area contributed by atoms with Crippen molar-refractivity contribution in [2.45, 2.75) is 26.4 Å². The molecular formula is C10H13ClO2. The topological polar surface area (TPSA) is 40.5 Å². The Morgan fingerprint density at radius 1 is 1.46 bits per heavy atom. The summed E-state index contributed by atoms with van der Waals surface area (Å²) in [6, 6.07) is 3.47. The van der Waals surface area contributed by atoms with Crippen LogP contribution in [0, 0.1) is 6.92 Å². The maximum atomic E-state index is 9.38. The van der Waals surface area contributed by atoms with Crippen LogP contribution in [0.15, 0.2) is 12.1 Å². The largest absolute Gasteiger partial charge is 0.506 e. The lowest BCUT2D eigenvalue weighted by Gasteiger charge is -2.09. The average molecular weight is 201 g/mol. The second-order valence-electron chi connectivity index (χ2n) is 3.31. The number of aryl methyl sites for hydroxylation is 1. The second kappa shape index (κ2) is 3.99. The SMILES string of the molecule is Cc1cc(O)c(Cl)c(CC(C)O)c1. The molecule has 1 rings (SSSR count). The molecule has 0 aliphatic carbocycles. The quantitative estimate of drug-likeness (QED) is 0.769. The number of aliphatic hydroxyl groups is 1. The maximum Gasteiger partial charge on any atom is 0.134 e. The molecule has 2 nitrogen and oxygen atoms in total. The van der Waals surface area contributed by atoms with Crippen LogP contribution in [0.4, 0.5) is 0 Å². The maximum absolute atomic E-state index is 9.38. The van der Waals surface area contributed by atoms with Gasteiger partial charge in [-0.3, -0.25) is 0 Å². The minimum Gasteiger partial charge on any atom is -0.506 e. The van der Waals surface area contributed by atoms with Gasteiger partial charge in [-0.15, -0.1) is 0 Å². The number of aliphatic hydroxyl groups excluding tert-OH is 1. The molecule has 1 unspecified atom stereocenters. The monoisotopic (exact) mass is 200 g/mol. The van der Waals surface area contributed by atoms with Crippen molar-refractivity contribution >= 4 is 11.6 Å². The Kier molecular flexibility index (Phi) is 3.17. The van der Waals surface area contributed by atoms with Crippen molar-refractivity contribution in [2.24, 2.45) is 0 Å². The van der Waals surface area contributed by atoms with E-state index in [1.54, 1.807) is 13.0 Å². The highest BCUT2D eigenvalue weighted by Crippen LogP contribution is 2.29. The van der Waals surface area contributed by atoms with Gasteiger partial charge in [-0.2, -0.15) is 0 Å². The van der Waals surface area contributed by atoms with E-state index in [0.717, 1.165) is 11.1 Å². The molecule has 0 aliphatic heterocycles. The van der Waals surface area contributed by atoms with E-state index in [2.05, 4.69) is 0 Å². The van der Waals surface area contributed by atoms with Crippen molar-refractivity contribution in [3.8, 4) is 5.75 Å². The van der Waals surface area contributed by atoms with E-state index >= 15 is 0 Å². The van der Waals surface area contributed by atoms with Crippen LogP contribution < -0.4 is 0 Å². The molecular weight excluding hydrogens is 188 g/mol. The van der Waals surface area contributed by atoms with E-state index in [9.17, 15) is 10.2 Å². The molecule has 0 bridgehead atoms. The third kappa shape index (κ3) is 2.61.